The van der Waals surface area contributed by atoms with E-state index in [1.807, 2.05) is 24.4 Å². The summed E-state index contributed by atoms with van der Waals surface area (Å²) in [7, 11) is 1.73. The molecule has 1 unspecified atom stereocenters. The molecule has 144 valence electrons. The van der Waals surface area contributed by atoms with Gasteiger partial charge in [-0.15, -0.1) is 11.3 Å². The zero-order chi connectivity index (χ0) is 19.6. The number of nitro benzene ring substituents is 1. The molecule has 6 nitrogen and oxygen atoms in total. The van der Waals surface area contributed by atoms with E-state index in [1.165, 1.54) is 6.07 Å². The summed E-state index contributed by atoms with van der Waals surface area (Å²) in [6, 6.07) is 8.72. The van der Waals surface area contributed by atoms with Crippen molar-refractivity contribution in [2.75, 3.05) is 25.0 Å². The van der Waals surface area contributed by atoms with Crippen LogP contribution in [0.4, 0.5) is 11.4 Å². The highest BCUT2D eigenvalue weighted by molar-refractivity contribution is 7.10. The molecule has 1 aromatic heterocycles. The maximum absolute atomic E-state index is 12.9. The normalized spacial score (nSPS) is 16.2. The van der Waals surface area contributed by atoms with Crippen molar-refractivity contribution >= 4 is 28.6 Å². The lowest BCUT2D eigenvalue weighted by molar-refractivity contribution is -0.384. The first-order valence-electron chi connectivity index (χ1n) is 9.22. The lowest BCUT2D eigenvalue weighted by atomic mass is 9.98. The number of benzene rings is 1. The molecule has 2 heterocycles. The lowest BCUT2D eigenvalue weighted by Gasteiger charge is -2.32. The number of hydrogen-bond donors (Lipinski definition) is 0. The van der Waals surface area contributed by atoms with E-state index in [9.17, 15) is 14.9 Å². The average molecular weight is 388 g/mol. The zero-order valence-electron chi connectivity index (χ0n) is 15.9. The largest absolute Gasteiger partial charge is 0.366 e. The smallest absolute Gasteiger partial charge is 0.293 e. The van der Waals surface area contributed by atoms with Crippen molar-refractivity contribution in [3.8, 4) is 0 Å². The highest BCUT2D eigenvalue weighted by atomic mass is 32.1. The van der Waals surface area contributed by atoms with Gasteiger partial charge in [0.2, 0.25) is 0 Å². The zero-order valence-corrected chi connectivity index (χ0v) is 16.7. The Morgan fingerprint density at radius 3 is 2.63 bits per heavy atom. The van der Waals surface area contributed by atoms with Crippen LogP contribution in [-0.2, 0) is 0 Å². The third kappa shape index (κ3) is 4.13. The molecule has 1 atom stereocenters. The molecule has 0 N–H and O–H groups in total. The molecule has 1 aromatic carbocycles. The molecule has 0 bridgehead atoms. The van der Waals surface area contributed by atoms with Crippen LogP contribution in [0, 0.1) is 16.0 Å². The summed E-state index contributed by atoms with van der Waals surface area (Å²) < 4.78 is 0. The number of thiophene rings is 1. The molecule has 3 rings (SSSR count). The van der Waals surface area contributed by atoms with Gasteiger partial charge in [0, 0.05) is 36.6 Å². The molecule has 7 heteroatoms. The fraction of sp³-hybridized carbons (Fsp3) is 0.450. The van der Waals surface area contributed by atoms with Gasteiger partial charge in [-0.05, 0) is 49.3 Å². The Hall–Kier alpha value is -2.41. The number of piperidine rings is 1. The fourth-order valence-electron chi connectivity index (χ4n) is 3.42. The summed E-state index contributed by atoms with van der Waals surface area (Å²) in [5.74, 6) is 0.436. The second-order valence-electron chi connectivity index (χ2n) is 7.24. The molecule has 27 heavy (non-hydrogen) atoms. The number of hydrogen-bond acceptors (Lipinski definition) is 5. The minimum atomic E-state index is -0.382. The predicted molar refractivity (Wildman–Crippen MR) is 109 cm³/mol. The molecule has 1 aliphatic rings. The van der Waals surface area contributed by atoms with Crippen molar-refractivity contribution in [2.45, 2.75) is 32.7 Å². The highest BCUT2D eigenvalue weighted by Gasteiger charge is 2.26. The van der Waals surface area contributed by atoms with Gasteiger partial charge in [-0.1, -0.05) is 13.0 Å². The molecule has 1 aliphatic heterocycles. The number of nitro groups is 1. The van der Waals surface area contributed by atoms with Gasteiger partial charge in [0.25, 0.3) is 11.6 Å². The maximum Gasteiger partial charge on any atom is 0.293 e. The summed E-state index contributed by atoms with van der Waals surface area (Å²) >= 11 is 1.59. The molecule has 1 amide bonds. The lowest BCUT2D eigenvalue weighted by Crippen LogP contribution is -2.33. The van der Waals surface area contributed by atoms with Crippen LogP contribution in [0.25, 0.3) is 0 Å². The van der Waals surface area contributed by atoms with Gasteiger partial charge in [0.1, 0.15) is 5.69 Å². The Bertz CT molecular complexity index is 814. The van der Waals surface area contributed by atoms with E-state index in [1.54, 1.807) is 35.4 Å². The number of nitrogens with zero attached hydrogens (tertiary/aromatic N) is 3. The molecule has 2 aromatic rings. The fourth-order valence-corrected chi connectivity index (χ4v) is 4.25. The standard InChI is InChI=1S/C20H25N3O3S/c1-14-8-10-22(11-9-14)17-7-6-16(13-18(17)23(25)26)20(24)21(3)15(2)19-5-4-12-27-19/h4-7,12-15H,8-11H2,1-3H3. The van der Waals surface area contributed by atoms with Gasteiger partial charge in [-0.25, -0.2) is 0 Å². The van der Waals surface area contributed by atoms with Gasteiger partial charge in [0.05, 0.1) is 11.0 Å². The molecular formula is C20H25N3O3S. The Balaban J connectivity index is 1.85. The monoisotopic (exact) mass is 387 g/mol. The molecule has 0 spiro atoms. The summed E-state index contributed by atoms with van der Waals surface area (Å²) in [6.07, 6.45) is 2.05. The SMILES string of the molecule is CC1CCN(c2ccc(C(=O)N(C)C(C)c3cccs3)cc2[N+](=O)[O-])CC1. The van der Waals surface area contributed by atoms with E-state index >= 15 is 0 Å². The number of carbonyl (C=O) groups is 1. The molecule has 1 fully saturated rings. The number of rotatable bonds is 5. The Morgan fingerprint density at radius 2 is 2.04 bits per heavy atom. The topological polar surface area (TPSA) is 66.7 Å². The van der Waals surface area contributed by atoms with E-state index < -0.39 is 0 Å². The first kappa shape index (κ1) is 19.4. The van der Waals surface area contributed by atoms with E-state index in [4.69, 9.17) is 0 Å². The number of anilines is 1. The molecule has 0 saturated carbocycles. The molecule has 1 saturated heterocycles. The van der Waals surface area contributed by atoms with Crippen LogP contribution in [0.5, 0.6) is 0 Å². The highest BCUT2D eigenvalue weighted by Crippen LogP contribution is 2.33. The van der Waals surface area contributed by atoms with E-state index in [-0.39, 0.29) is 22.6 Å². The van der Waals surface area contributed by atoms with Gasteiger partial charge in [-0.2, -0.15) is 0 Å². The minimum Gasteiger partial charge on any atom is -0.366 e. The Morgan fingerprint density at radius 1 is 1.33 bits per heavy atom. The predicted octanol–water partition coefficient (Wildman–Crippen LogP) is 4.73. The van der Waals surface area contributed by atoms with Gasteiger partial charge >= 0.3 is 0 Å². The van der Waals surface area contributed by atoms with E-state index in [2.05, 4.69) is 11.8 Å². The van der Waals surface area contributed by atoms with Crippen molar-refractivity contribution in [3.05, 3.63) is 56.3 Å². The van der Waals surface area contributed by atoms with E-state index in [0.717, 1.165) is 30.8 Å². The summed E-state index contributed by atoms with van der Waals surface area (Å²) in [6.45, 7) is 5.79. The number of carbonyl (C=O) groups excluding carboxylic acids is 1. The van der Waals surface area contributed by atoms with Gasteiger partial charge < -0.3 is 9.80 Å². The average Bonchev–Trinajstić information content (AvgIpc) is 3.21. The first-order valence-corrected chi connectivity index (χ1v) is 10.1. The van der Waals surface area contributed by atoms with Gasteiger partial charge in [0.15, 0.2) is 0 Å². The Labute approximate surface area is 163 Å². The van der Waals surface area contributed by atoms with Crippen molar-refractivity contribution in [3.63, 3.8) is 0 Å². The third-order valence-electron chi connectivity index (χ3n) is 5.40. The van der Waals surface area contributed by atoms with Crippen LogP contribution in [0.15, 0.2) is 35.7 Å². The first-order chi connectivity index (χ1) is 12.9. The molecule has 0 aliphatic carbocycles. The Kier molecular flexibility index (Phi) is 5.79. The van der Waals surface area contributed by atoms with Crippen LogP contribution in [0.1, 0.15) is 48.0 Å². The van der Waals surface area contributed by atoms with Crippen molar-refractivity contribution in [1.29, 1.82) is 0 Å². The van der Waals surface area contributed by atoms with Crippen molar-refractivity contribution < 1.29 is 9.72 Å². The second-order valence-corrected chi connectivity index (χ2v) is 8.22. The summed E-state index contributed by atoms with van der Waals surface area (Å²) in [5.41, 5.74) is 0.965. The van der Waals surface area contributed by atoms with Crippen LogP contribution in [0.3, 0.4) is 0 Å². The van der Waals surface area contributed by atoms with Crippen LogP contribution in [0.2, 0.25) is 0 Å². The van der Waals surface area contributed by atoms with E-state index in [0.29, 0.717) is 17.2 Å². The maximum atomic E-state index is 12.9. The minimum absolute atomic E-state index is 0.00702. The molecular weight excluding hydrogens is 362 g/mol. The van der Waals surface area contributed by atoms with Crippen LogP contribution < -0.4 is 4.90 Å². The quantitative estimate of drug-likeness (QED) is 0.550. The van der Waals surface area contributed by atoms with Crippen molar-refractivity contribution in [2.24, 2.45) is 5.92 Å². The third-order valence-corrected chi connectivity index (χ3v) is 6.44. The van der Waals surface area contributed by atoms with Crippen LogP contribution in [-0.4, -0.2) is 35.9 Å². The second kappa shape index (κ2) is 8.08. The molecule has 0 radical (unpaired) electrons. The summed E-state index contributed by atoms with van der Waals surface area (Å²) in [4.78, 5) is 28.9. The van der Waals surface area contributed by atoms with Crippen molar-refractivity contribution in [1.82, 2.24) is 4.90 Å². The van der Waals surface area contributed by atoms with Gasteiger partial charge in [-0.3, -0.25) is 14.9 Å². The number of amides is 1. The summed E-state index contributed by atoms with van der Waals surface area (Å²) in [5, 5.41) is 13.6. The van der Waals surface area contributed by atoms with Crippen LogP contribution >= 0.6 is 11.3 Å².